The second kappa shape index (κ2) is 10.7. The third-order valence-corrected chi connectivity index (χ3v) is 5.43. The van der Waals surface area contributed by atoms with Gasteiger partial charge >= 0.3 is 0 Å². The van der Waals surface area contributed by atoms with Gasteiger partial charge in [-0.15, -0.1) is 12.8 Å². The van der Waals surface area contributed by atoms with Crippen LogP contribution in [0.15, 0.2) is 30.3 Å². The first-order valence-corrected chi connectivity index (χ1v) is 10.1. The Bertz CT molecular complexity index is 961. The Morgan fingerprint density at radius 2 is 2.03 bits per heavy atom. The lowest BCUT2D eigenvalue weighted by atomic mass is 9.95. The van der Waals surface area contributed by atoms with Gasteiger partial charge in [0.15, 0.2) is 12.6 Å². The molecular formula is C22H26ClN3O3S. The van der Waals surface area contributed by atoms with E-state index in [0.29, 0.717) is 21.9 Å². The van der Waals surface area contributed by atoms with Gasteiger partial charge in [-0.05, 0) is 56.5 Å². The maximum atomic E-state index is 11.9. The van der Waals surface area contributed by atoms with Crippen LogP contribution < -0.4 is 14.8 Å². The zero-order valence-electron chi connectivity index (χ0n) is 16.0. The highest BCUT2D eigenvalue weighted by atomic mass is 35.5. The van der Waals surface area contributed by atoms with Gasteiger partial charge in [-0.2, -0.15) is 5.26 Å². The first-order valence-electron chi connectivity index (χ1n) is 9.24. The number of hydrogen-bond acceptors (Lipinski definition) is 7. The van der Waals surface area contributed by atoms with E-state index in [4.69, 9.17) is 21.1 Å². The van der Waals surface area contributed by atoms with E-state index in [0.717, 1.165) is 42.6 Å². The summed E-state index contributed by atoms with van der Waals surface area (Å²) in [6.45, 7) is 2.49. The Hall–Kier alpha value is -2.24. The predicted octanol–water partition coefficient (Wildman–Crippen LogP) is 5.19. The summed E-state index contributed by atoms with van der Waals surface area (Å²) in [6, 6.07) is 11.1. The van der Waals surface area contributed by atoms with E-state index in [1.807, 2.05) is 12.1 Å². The van der Waals surface area contributed by atoms with Crippen LogP contribution in [0.3, 0.4) is 0 Å². The Kier molecular flexibility index (Phi) is 8.56. The molecule has 1 unspecified atom stereocenters. The monoisotopic (exact) mass is 447 g/mol. The number of halogens is 1. The van der Waals surface area contributed by atoms with Crippen molar-refractivity contribution in [1.82, 2.24) is 0 Å². The van der Waals surface area contributed by atoms with Crippen LogP contribution in [-0.2, 0) is 4.74 Å². The first-order chi connectivity index (χ1) is 14.1. The second-order valence-corrected chi connectivity index (χ2v) is 7.21. The zero-order chi connectivity index (χ0) is 21.0. The number of thiol groups is 1. The lowest BCUT2D eigenvalue weighted by Crippen LogP contribution is -2.42. The zero-order valence-corrected chi connectivity index (χ0v) is 17.7. The number of piperidine rings is 1. The summed E-state index contributed by atoms with van der Waals surface area (Å²) in [5, 5.41) is 14.1. The van der Waals surface area contributed by atoms with Crippen molar-refractivity contribution in [2.75, 3.05) is 18.2 Å². The molecule has 6 nitrogen and oxygen atoms in total. The Labute approximate surface area is 188 Å². The maximum Gasteiger partial charge on any atom is 0.191 e. The van der Waals surface area contributed by atoms with Crippen LogP contribution in [0.1, 0.15) is 49.5 Å². The van der Waals surface area contributed by atoms with Gasteiger partial charge < -0.3 is 14.4 Å². The van der Waals surface area contributed by atoms with E-state index < -0.39 is 0 Å². The number of nitriles is 1. The van der Waals surface area contributed by atoms with Crippen LogP contribution in [0.4, 0.5) is 5.69 Å². The van der Waals surface area contributed by atoms with Crippen LogP contribution in [0, 0.1) is 11.3 Å². The van der Waals surface area contributed by atoms with Crippen molar-refractivity contribution in [1.29, 1.82) is 5.26 Å². The fourth-order valence-electron chi connectivity index (χ4n) is 3.71. The molecule has 2 aromatic rings. The largest absolute Gasteiger partial charge is 0.467 e. The summed E-state index contributed by atoms with van der Waals surface area (Å²) in [5.74, 6) is 0.591. The number of anilines is 1. The highest BCUT2D eigenvalue weighted by Crippen LogP contribution is 2.43. The standard InChI is InChI=1S/C21H19ClN2O3.CH4.H3NS/c1-13(25)14-5-6-20-17(8-14)16-9-15(11-23)18(22)10-19(16)24-7-3-2-4-21(24)27-12-26-20;;1-2/h5-6,8-10,21H,2-4,7,12H2,1H3;1H4;2H,1H2. The lowest BCUT2D eigenvalue weighted by Gasteiger charge is -2.37. The average molecular weight is 448 g/mol. The molecule has 2 aliphatic rings. The van der Waals surface area contributed by atoms with Crippen molar-refractivity contribution in [3.05, 3.63) is 46.5 Å². The van der Waals surface area contributed by atoms with Crippen molar-refractivity contribution in [2.45, 2.75) is 39.8 Å². The lowest BCUT2D eigenvalue weighted by molar-refractivity contribution is -0.0449. The molecular weight excluding hydrogens is 422 g/mol. The van der Waals surface area contributed by atoms with E-state index in [1.54, 1.807) is 18.2 Å². The van der Waals surface area contributed by atoms with Crippen molar-refractivity contribution >= 4 is 35.9 Å². The highest BCUT2D eigenvalue weighted by Gasteiger charge is 2.29. The number of fused-ring (bicyclic) bond motifs is 5. The molecule has 0 saturated carbocycles. The number of hydrogen-bond donors (Lipinski definition) is 2. The number of ketones is 1. The third kappa shape index (κ3) is 4.73. The molecule has 4 rings (SSSR count). The molecule has 0 bridgehead atoms. The van der Waals surface area contributed by atoms with Crippen LogP contribution in [0.5, 0.6) is 5.75 Å². The topological polar surface area (TPSA) is 88.6 Å². The second-order valence-electron chi connectivity index (χ2n) is 6.80. The molecule has 2 aliphatic heterocycles. The van der Waals surface area contributed by atoms with Crippen molar-refractivity contribution in [3.8, 4) is 22.9 Å². The average Bonchev–Trinajstić information content (AvgIpc) is 2.81. The molecule has 1 saturated heterocycles. The van der Waals surface area contributed by atoms with Crippen LogP contribution in [0.25, 0.3) is 11.1 Å². The Morgan fingerprint density at radius 1 is 1.27 bits per heavy atom. The number of ether oxygens (including phenoxy) is 2. The summed E-state index contributed by atoms with van der Waals surface area (Å²) >= 11 is 9.39. The molecule has 160 valence electrons. The SMILES string of the molecule is C.CC(=O)c1ccc2c(c1)-c1cc(C#N)c(Cl)cc1N1CCCCC1OCO2.NS. The smallest absolute Gasteiger partial charge is 0.191 e. The van der Waals surface area contributed by atoms with E-state index in [-0.39, 0.29) is 26.2 Å². The van der Waals surface area contributed by atoms with Gasteiger partial charge in [-0.3, -0.25) is 9.93 Å². The Morgan fingerprint density at radius 3 is 2.73 bits per heavy atom. The molecule has 0 aromatic heterocycles. The van der Waals surface area contributed by atoms with E-state index in [2.05, 4.69) is 28.9 Å². The summed E-state index contributed by atoms with van der Waals surface area (Å²) in [4.78, 5) is 14.1. The molecule has 2 heterocycles. The normalized spacial score (nSPS) is 16.9. The van der Waals surface area contributed by atoms with Gasteiger partial charge in [-0.1, -0.05) is 19.0 Å². The molecule has 2 N–H and O–H groups in total. The third-order valence-electron chi connectivity index (χ3n) is 5.11. The fraction of sp³-hybridized carbons (Fsp3) is 0.364. The van der Waals surface area contributed by atoms with Gasteiger partial charge in [-0.25, -0.2) is 0 Å². The van der Waals surface area contributed by atoms with E-state index in [1.165, 1.54) is 6.92 Å². The van der Waals surface area contributed by atoms with Crippen molar-refractivity contribution < 1.29 is 14.3 Å². The summed E-state index contributed by atoms with van der Waals surface area (Å²) in [6.07, 6.45) is 2.93. The molecule has 0 spiro atoms. The van der Waals surface area contributed by atoms with Gasteiger partial charge in [0.2, 0.25) is 0 Å². The summed E-state index contributed by atoms with van der Waals surface area (Å²) in [7, 11) is 0. The van der Waals surface area contributed by atoms with Gasteiger partial charge in [0.25, 0.3) is 0 Å². The highest BCUT2D eigenvalue weighted by molar-refractivity contribution is 7.77. The molecule has 1 atom stereocenters. The minimum absolute atomic E-state index is 0. The number of nitrogens with zero attached hydrogens (tertiary/aromatic N) is 2. The van der Waals surface area contributed by atoms with Crippen molar-refractivity contribution in [3.63, 3.8) is 0 Å². The van der Waals surface area contributed by atoms with Crippen LogP contribution >= 0.6 is 24.4 Å². The molecule has 1 fully saturated rings. The maximum absolute atomic E-state index is 11.9. The number of rotatable bonds is 1. The van der Waals surface area contributed by atoms with Gasteiger partial charge in [0, 0.05) is 28.9 Å². The number of benzene rings is 2. The minimum Gasteiger partial charge on any atom is -0.467 e. The number of carbonyl (C=O) groups excluding carboxylic acids is 1. The quantitative estimate of drug-likeness (QED) is 0.462. The molecule has 0 amide bonds. The minimum atomic E-state index is -0.108. The van der Waals surface area contributed by atoms with Gasteiger partial charge in [0.05, 0.1) is 10.6 Å². The molecule has 0 aliphatic carbocycles. The fourth-order valence-corrected chi connectivity index (χ4v) is 3.91. The summed E-state index contributed by atoms with van der Waals surface area (Å²) in [5.41, 5.74) is 3.47. The molecule has 30 heavy (non-hydrogen) atoms. The number of nitrogens with two attached hydrogens (primary N) is 1. The van der Waals surface area contributed by atoms with Crippen LogP contribution in [-0.4, -0.2) is 25.3 Å². The molecule has 0 radical (unpaired) electrons. The molecule has 2 aromatic carbocycles. The first kappa shape index (κ1) is 24.0. The van der Waals surface area contributed by atoms with Crippen molar-refractivity contribution in [2.24, 2.45) is 5.14 Å². The summed E-state index contributed by atoms with van der Waals surface area (Å²) < 4.78 is 11.9. The van der Waals surface area contributed by atoms with E-state index in [9.17, 15) is 10.1 Å². The number of carbonyl (C=O) groups is 1. The van der Waals surface area contributed by atoms with E-state index >= 15 is 0 Å². The van der Waals surface area contributed by atoms with Crippen LogP contribution in [0.2, 0.25) is 5.02 Å². The van der Waals surface area contributed by atoms with Gasteiger partial charge in [0.1, 0.15) is 18.0 Å². The number of Topliss-reactive ketones (excluding diaryl/α,β-unsaturated/α-hetero) is 1. The molecule has 8 heteroatoms. The Balaban J connectivity index is 0.00000104. The predicted molar refractivity (Wildman–Crippen MR) is 123 cm³/mol.